The Morgan fingerprint density at radius 1 is 1.12 bits per heavy atom. The maximum atomic E-state index is 12.5. The number of benzene rings is 2. The third-order valence-corrected chi connectivity index (χ3v) is 5.12. The number of carbonyl (C=O) groups excluding carboxylic acids is 1. The SMILES string of the molecule is CCc1cccc(C)c1NC(=O)CN(c1cccc(C)c1)S(C)(=O)=O. The van der Waals surface area contributed by atoms with Crippen LogP contribution < -0.4 is 9.62 Å². The van der Waals surface area contributed by atoms with Gasteiger partial charge in [-0.15, -0.1) is 0 Å². The van der Waals surface area contributed by atoms with E-state index >= 15 is 0 Å². The second kappa shape index (κ2) is 7.70. The zero-order valence-electron chi connectivity index (χ0n) is 15.0. The molecule has 0 aromatic heterocycles. The minimum Gasteiger partial charge on any atom is -0.324 e. The molecular weight excluding hydrogens is 336 g/mol. The van der Waals surface area contributed by atoms with Gasteiger partial charge in [0.25, 0.3) is 0 Å². The van der Waals surface area contributed by atoms with Gasteiger partial charge in [-0.1, -0.05) is 37.3 Å². The van der Waals surface area contributed by atoms with E-state index in [1.54, 1.807) is 18.2 Å². The topological polar surface area (TPSA) is 66.5 Å². The number of hydrogen-bond acceptors (Lipinski definition) is 3. The van der Waals surface area contributed by atoms with Gasteiger partial charge in [0.2, 0.25) is 15.9 Å². The molecule has 2 aromatic rings. The van der Waals surface area contributed by atoms with Gasteiger partial charge in [0.1, 0.15) is 6.54 Å². The van der Waals surface area contributed by atoms with E-state index in [0.717, 1.165) is 39.4 Å². The van der Waals surface area contributed by atoms with Crippen LogP contribution in [0, 0.1) is 13.8 Å². The lowest BCUT2D eigenvalue weighted by atomic mass is 10.1. The average Bonchev–Trinajstić information content (AvgIpc) is 2.53. The van der Waals surface area contributed by atoms with Crippen LogP contribution in [0.2, 0.25) is 0 Å². The molecule has 0 bridgehead atoms. The zero-order valence-corrected chi connectivity index (χ0v) is 15.9. The lowest BCUT2D eigenvalue weighted by Crippen LogP contribution is -2.37. The van der Waals surface area contributed by atoms with Gasteiger partial charge >= 0.3 is 0 Å². The zero-order chi connectivity index (χ0) is 18.6. The molecule has 1 amide bonds. The van der Waals surface area contributed by atoms with E-state index < -0.39 is 10.0 Å². The molecule has 0 saturated heterocycles. The van der Waals surface area contributed by atoms with E-state index in [-0.39, 0.29) is 12.5 Å². The summed E-state index contributed by atoms with van der Waals surface area (Å²) >= 11 is 0. The van der Waals surface area contributed by atoms with Crippen LogP contribution in [0.15, 0.2) is 42.5 Å². The van der Waals surface area contributed by atoms with Gasteiger partial charge in [-0.25, -0.2) is 8.42 Å². The van der Waals surface area contributed by atoms with Crippen LogP contribution in [0.1, 0.15) is 23.6 Å². The summed E-state index contributed by atoms with van der Waals surface area (Å²) in [4.78, 5) is 12.5. The van der Waals surface area contributed by atoms with Gasteiger partial charge in [-0.05, 0) is 49.1 Å². The number of anilines is 2. The van der Waals surface area contributed by atoms with Gasteiger partial charge in [-0.3, -0.25) is 9.10 Å². The number of rotatable bonds is 6. The summed E-state index contributed by atoms with van der Waals surface area (Å²) in [5.74, 6) is -0.365. The molecule has 0 aliphatic rings. The molecule has 2 aromatic carbocycles. The number of aryl methyl sites for hydroxylation is 3. The van der Waals surface area contributed by atoms with Crippen molar-refractivity contribution in [3.63, 3.8) is 0 Å². The Kier molecular flexibility index (Phi) is 5.85. The Labute approximate surface area is 149 Å². The molecule has 134 valence electrons. The van der Waals surface area contributed by atoms with Crippen molar-refractivity contribution in [3.05, 3.63) is 59.2 Å². The third-order valence-electron chi connectivity index (χ3n) is 3.98. The van der Waals surface area contributed by atoms with Crippen LogP contribution >= 0.6 is 0 Å². The highest BCUT2D eigenvalue weighted by atomic mass is 32.2. The third kappa shape index (κ3) is 4.82. The molecule has 0 unspecified atom stereocenters. The number of carbonyl (C=O) groups is 1. The van der Waals surface area contributed by atoms with E-state index in [2.05, 4.69) is 5.32 Å². The summed E-state index contributed by atoms with van der Waals surface area (Å²) in [7, 11) is -3.58. The minimum atomic E-state index is -3.58. The number of hydrogen-bond donors (Lipinski definition) is 1. The van der Waals surface area contributed by atoms with Crippen LogP contribution in [-0.2, 0) is 21.2 Å². The number of amides is 1. The minimum absolute atomic E-state index is 0.264. The molecule has 0 heterocycles. The summed E-state index contributed by atoms with van der Waals surface area (Å²) in [6.45, 7) is 5.55. The molecule has 0 fully saturated rings. The maximum Gasteiger partial charge on any atom is 0.245 e. The molecule has 0 aliphatic heterocycles. The first-order chi connectivity index (χ1) is 11.7. The summed E-state index contributed by atoms with van der Waals surface area (Å²) in [5.41, 5.74) is 4.15. The Balaban J connectivity index is 2.27. The van der Waals surface area contributed by atoms with E-state index in [1.807, 2.05) is 45.0 Å². The van der Waals surface area contributed by atoms with Gasteiger partial charge < -0.3 is 5.32 Å². The second-order valence-electron chi connectivity index (χ2n) is 6.12. The van der Waals surface area contributed by atoms with Crippen LogP contribution in [-0.4, -0.2) is 27.1 Å². The highest BCUT2D eigenvalue weighted by Crippen LogP contribution is 2.22. The largest absolute Gasteiger partial charge is 0.324 e. The Hall–Kier alpha value is -2.34. The fourth-order valence-corrected chi connectivity index (χ4v) is 3.54. The predicted molar refractivity (Wildman–Crippen MR) is 103 cm³/mol. The van der Waals surface area contributed by atoms with Gasteiger partial charge in [0, 0.05) is 5.69 Å². The first kappa shape index (κ1) is 19.0. The van der Waals surface area contributed by atoms with Crippen LogP contribution in [0.4, 0.5) is 11.4 Å². The highest BCUT2D eigenvalue weighted by molar-refractivity contribution is 7.92. The lowest BCUT2D eigenvalue weighted by molar-refractivity contribution is -0.114. The Morgan fingerprint density at radius 3 is 2.40 bits per heavy atom. The first-order valence-electron chi connectivity index (χ1n) is 8.15. The van der Waals surface area contributed by atoms with Crippen molar-refractivity contribution in [2.24, 2.45) is 0 Å². The molecule has 0 radical (unpaired) electrons. The summed E-state index contributed by atoms with van der Waals surface area (Å²) in [6, 6.07) is 12.9. The van der Waals surface area contributed by atoms with E-state index in [4.69, 9.17) is 0 Å². The first-order valence-corrected chi connectivity index (χ1v) is 10.00. The molecule has 0 spiro atoms. The number of para-hydroxylation sites is 1. The normalized spacial score (nSPS) is 11.2. The lowest BCUT2D eigenvalue weighted by Gasteiger charge is -2.23. The summed E-state index contributed by atoms with van der Waals surface area (Å²) in [6.07, 6.45) is 1.89. The monoisotopic (exact) mass is 360 g/mol. The molecule has 25 heavy (non-hydrogen) atoms. The van der Waals surface area contributed by atoms with Crippen LogP contribution in [0.3, 0.4) is 0 Å². The number of nitrogens with zero attached hydrogens (tertiary/aromatic N) is 1. The quantitative estimate of drug-likeness (QED) is 0.860. The molecule has 2 rings (SSSR count). The Morgan fingerprint density at radius 2 is 1.80 bits per heavy atom. The fraction of sp³-hybridized carbons (Fsp3) is 0.316. The summed E-state index contributed by atoms with van der Waals surface area (Å²) < 4.78 is 25.5. The number of nitrogens with one attached hydrogen (secondary N) is 1. The fourth-order valence-electron chi connectivity index (χ4n) is 2.69. The number of sulfonamides is 1. The van der Waals surface area contributed by atoms with Crippen LogP contribution in [0.5, 0.6) is 0 Å². The summed E-state index contributed by atoms with van der Waals surface area (Å²) in [5, 5.41) is 2.87. The van der Waals surface area contributed by atoms with Gasteiger partial charge in [0.05, 0.1) is 11.9 Å². The van der Waals surface area contributed by atoms with E-state index in [0.29, 0.717) is 5.69 Å². The predicted octanol–water partition coefficient (Wildman–Crippen LogP) is 3.27. The standard InChI is InChI=1S/C19H24N2O3S/c1-5-16-10-7-9-15(3)19(16)20-18(22)13-21(25(4,23)24)17-11-6-8-14(2)12-17/h6-12H,5,13H2,1-4H3,(H,20,22). The van der Waals surface area contributed by atoms with Crippen molar-refractivity contribution < 1.29 is 13.2 Å². The van der Waals surface area contributed by atoms with Gasteiger partial charge in [-0.2, -0.15) is 0 Å². The Bertz CT molecular complexity index is 876. The van der Waals surface area contributed by atoms with E-state index in [1.165, 1.54) is 0 Å². The smallest absolute Gasteiger partial charge is 0.245 e. The highest BCUT2D eigenvalue weighted by Gasteiger charge is 2.21. The van der Waals surface area contributed by atoms with Crippen molar-refractivity contribution >= 4 is 27.3 Å². The van der Waals surface area contributed by atoms with Crippen molar-refractivity contribution in [3.8, 4) is 0 Å². The molecular formula is C19H24N2O3S. The van der Waals surface area contributed by atoms with Crippen molar-refractivity contribution in [1.29, 1.82) is 0 Å². The maximum absolute atomic E-state index is 12.5. The molecule has 5 nitrogen and oxygen atoms in total. The molecule has 1 N–H and O–H groups in total. The molecule has 0 saturated carbocycles. The molecule has 0 atom stereocenters. The average molecular weight is 360 g/mol. The van der Waals surface area contributed by atoms with Crippen molar-refractivity contribution in [2.45, 2.75) is 27.2 Å². The van der Waals surface area contributed by atoms with Crippen molar-refractivity contribution in [2.75, 3.05) is 22.4 Å². The van der Waals surface area contributed by atoms with Gasteiger partial charge in [0.15, 0.2) is 0 Å². The van der Waals surface area contributed by atoms with E-state index in [9.17, 15) is 13.2 Å². The molecule has 0 aliphatic carbocycles. The second-order valence-corrected chi connectivity index (χ2v) is 8.03. The molecule has 6 heteroatoms. The van der Waals surface area contributed by atoms with Crippen LogP contribution in [0.25, 0.3) is 0 Å². The van der Waals surface area contributed by atoms with Crippen molar-refractivity contribution in [1.82, 2.24) is 0 Å².